The zero-order chi connectivity index (χ0) is 11.5. The SMILES string of the molecule is O=C(NC1CCOC1)c1cc(S)ccc1F. The number of carbonyl (C=O) groups excluding carboxylic acids is 1. The summed E-state index contributed by atoms with van der Waals surface area (Å²) in [5.74, 6) is -0.946. The fourth-order valence-electron chi connectivity index (χ4n) is 1.60. The summed E-state index contributed by atoms with van der Waals surface area (Å²) in [7, 11) is 0. The van der Waals surface area contributed by atoms with Crippen molar-refractivity contribution in [3.05, 3.63) is 29.6 Å². The van der Waals surface area contributed by atoms with E-state index in [1.165, 1.54) is 18.2 Å². The summed E-state index contributed by atoms with van der Waals surface area (Å²) in [6, 6.07) is 4.15. The second-order valence-corrected chi connectivity index (χ2v) is 4.21. The van der Waals surface area contributed by atoms with Crippen LogP contribution in [0.3, 0.4) is 0 Å². The average Bonchev–Trinajstić information content (AvgIpc) is 2.74. The van der Waals surface area contributed by atoms with E-state index >= 15 is 0 Å². The van der Waals surface area contributed by atoms with Crippen LogP contribution in [0.25, 0.3) is 0 Å². The van der Waals surface area contributed by atoms with Crippen LogP contribution in [-0.4, -0.2) is 25.2 Å². The van der Waals surface area contributed by atoms with Gasteiger partial charge in [0.25, 0.3) is 5.91 Å². The van der Waals surface area contributed by atoms with Crippen molar-refractivity contribution in [2.75, 3.05) is 13.2 Å². The molecule has 1 aliphatic rings. The van der Waals surface area contributed by atoms with Crippen LogP contribution in [0.1, 0.15) is 16.8 Å². The predicted octanol–water partition coefficient (Wildman–Crippen LogP) is 1.63. The number of halogens is 1. The van der Waals surface area contributed by atoms with Gasteiger partial charge in [0.15, 0.2) is 0 Å². The fourth-order valence-corrected chi connectivity index (χ4v) is 1.80. The molecule has 1 fully saturated rings. The number of carbonyl (C=O) groups is 1. The smallest absolute Gasteiger partial charge is 0.254 e. The van der Waals surface area contributed by atoms with Crippen molar-refractivity contribution in [2.24, 2.45) is 0 Å². The normalized spacial score (nSPS) is 19.8. The van der Waals surface area contributed by atoms with Crippen LogP contribution in [0.2, 0.25) is 0 Å². The van der Waals surface area contributed by atoms with E-state index in [1.807, 2.05) is 0 Å². The van der Waals surface area contributed by atoms with Crippen LogP contribution in [0.15, 0.2) is 23.1 Å². The van der Waals surface area contributed by atoms with Crippen LogP contribution >= 0.6 is 12.6 Å². The fraction of sp³-hybridized carbons (Fsp3) is 0.364. The van der Waals surface area contributed by atoms with Crippen molar-refractivity contribution in [1.82, 2.24) is 5.32 Å². The van der Waals surface area contributed by atoms with Gasteiger partial charge in [0.1, 0.15) is 5.82 Å². The van der Waals surface area contributed by atoms with E-state index in [-0.39, 0.29) is 11.6 Å². The molecule has 1 heterocycles. The molecule has 2 rings (SSSR count). The molecule has 1 aromatic carbocycles. The number of hydrogen-bond acceptors (Lipinski definition) is 3. The maximum atomic E-state index is 13.4. The van der Waals surface area contributed by atoms with E-state index in [0.717, 1.165) is 6.42 Å². The van der Waals surface area contributed by atoms with Crippen molar-refractivity contribution in [2.45, 2.75) is 17.4 Å². The van der Waals surface area contributed by atoms with E-state index in [1.54, 1.807) is 0 Å². The first-order valence-corrected chi connectivity index (χ1v) is 5.48. The minimum atomic E-state index is -0.533. The Morgan fingerprint density at radius 1 is 1.56 bits per heavy atom. The largest absolute Gasteiger partial charge is 0.379 e. The highest BCUT2D eigenvalue weighted by molar-refractivity contribution is 7.80. The van der Waals surface area contributed by atoms with Gasteiger partial charge in [-0.05, 0) is 24.6 Å². The van der Waals surface area contributed by atoms with E-state index in [0.29, 0.717) is 18.1 Å². The van der Waals surface area contributed by atoms with E-state index in [4.69, 9.17) is 4.74 Å². The Balaban J connectivity index is 2.10. The first kappa shape index (κ1) is 11.4. The molecule has 1 amide bonds. The zero-order valence-electron chi connectivity index (χ0n) is 8.57. The van der Waals surface area contributed by atoms with E-state index < -0.39 is 11.7 Å². The molecule has 1 aliphatic heterocycles. The molecule has 3 nitrogen and oxygen atoms in total. The predicted molar refractivity (Wildman–Crippen MR) is 60.3 cm³/mol. The Hall–Kier alpha value is -1.07. The van der Waals surface area contributed by atoms with Gasteiger partial charge in [-0.2, -0.15) is 0 Å². The molecule has 1 atom stereocenters. The standard InChI is InChI=1S/C11H12FNO2S/c12-10-2-1-8(16)5-9(10)11(14)13-7-3-4-15-6-7/h1-2,5,7,16H,3-4,6H2,(H,13,14). The summed E-state index contributed by atoms with van der Waals surface area (Å²) in [6.07, 6.45) is 0.772. The molecule has 1 N–H and O–H groups in total. The number of nitrogens with one attached hydrogen (secondary N) is 1. The summed E-state index contributed by atoms with van der Waals surface area (Å²) < 4.78 is 18.5. The summed E-state index contributed by atoms with van der Waals surface area (Å²) in [5, 5.41) is 2.73. The Bertz CT molecular complexity index is 405. The molecule has 1 unspecified atom stereocenters. The molecule has 86 valence electrons. The third-order valence-corrected chi connectivity index (χ3v) is 2.74. The lowest BCUT2D eigenvalue weighted by Gasteiger charge is -2.11. The van der Waals surface area contributed by atoms with Gasteiger partial charge in [0, 0.05) is 11.5 Å². The van der Waals surface area contributed by atoms with Crippen LogP contribution in [0.4, 0.5) is 4.39 Å². The topological polar surface area (TPSA) is 38.3 Å². The Morgan fingerprint density at radius 3 is 3.06 bits per heavy atom. The first-order chi connectivity index (χ1) is 7.66. The van der Waals surface area contributed by atoms with Gasteiger partial charge in [-0.3, -0.25) is 4.79 Å². The van der Waals surface area contributed by atoms with Crippen molar-refractivity contribution in [3.63, 3.8) is 0 Å². The summed E-state index contributed by atoms with van der Waals surface area (Å²) in [5.41, 5.74) is 0.0272. The molecule has 0 aromatic heterocycles. The van der Waals surface area contributed by atoms with Gasteiger partial charge in [0.05, 0.1) is 18.2 Å². The number of benzene rings is 1. The molecule has 0 spiro atoms. The van der Waals surface area contributed by atoms with Gasteiger partial charge in [-0.25, -0.2) is 4.39 Å². The van der Waals surface area contributed by atoms with Gasteiger partial charge < -0.3 is 10.1 Å². The van der Waals surface area contributed by atoms with Crippen LogP contribution in [0.5, 0.6) is 0 Å². The number of ether oxygens (including phenoxy) is 1. The summed E-state index contributed by atoms with van der Waals surface area (Å²) >= 11 is 4.07. The molecular formula is C11H12FNO2S. The number of hydrogen-bond donors (Lipinski definition) is 2. The lowest BCUT2D eigenvalue weighted by atomic mass is 10.1. The van der Waals surface area contributed by atoms with Gasteiger partial charge >= 0.3 is 0 Å². The van der Waals surface area contributed by atoms with Gasteiger partial charge in [0.2, 0.25) is 0 Å². The maximum Gasteiger partial charge on any atom is 0.254 e. The number of rotatable bonds is 2. The van der Waals surface area contributed by atoms with Crippen molar-refractivity contribution >= 4 is 18.5 Å². The van der Waals surface area contributed by atoms with Gasteiger partial charge in [-0.15, -0.1) is 12.6 Å². The van der Waals surface area contributed by atoms with E-state index in [2.05, 4.69) is 17.9 Å². The Morgan fingerprint density at radius 2 is 2.38 bits per heavy atom. The Labute approximate surface area is 98.4 Å². The van der Waals surface area contributed by atoms with E-state index in [9.17, 15) is 9.18 Å². The monoisotopic (exact) mass is 241 g/mol. The highest BCUT2D eigenvalue weighted by Crippen LogP contribution is 2.14. The lowest BCUT2D eigenvalue weighted by Crippen LogP contribution is -2.35. The highest BCUT2D eigenvalue weighted by atomic mass is 32.1. The zero-order valence-corrected chi connectivity index (χ0v) is 9.47. The van der Waals surface area contributed by atoms with Crippen molar-refractivity contribution in [1.29, 1.82) is 0 Å². The molecule has 0 bridgehead atoms. The number of amides is 1. The molecule has 1 aromatic rings. The van der Waals surface area contributed by atoms with Crippen molar-refractivity contribution in [3.8, 4) is 0 Å². The van der Waals surface area contributed by atoms with Crippen LogP contribution in [-0.2, 0) is 4.74 Å². The molecular weight excluding hydrogens is 229 g/mol. The summed E-state index contributed by atoms with van der Waals surface area (Å²) in [6.45, 7) is 1.13. The third-order valence-electron chi connectivity index (χ3n) is 2.46. The lowest BCUT2D eigenvalue weighted by molar-refractivity contribution is 0.0925. The molecule has 0 aliphatic carbocycles. The second-order valence-electron chi connectivity index (χ2n) is 3.70. The summed E-state index contributed by atoms with van der Waals surface area (Å²) in [4.78, 5) is 12.3. The second kappa shape index (κ2) is 4.84. The van der Waals surface area contributed by atoms with Crippen LogP contribution < -0.4 is 5.32 Å². The minimum Gasteiger partial charge on any atom is -0.379 e. The first-order valence-electron chi connectivity index (χ1n) is 5.04. The van der Waals surface area contributed by atoms with Crippen LogP contribution in [0, 0.1) is 5.82 Å². The third kappa shape index (κ3) is 2.54. The molecule has 0 radical (unpaired) electrons. The molecule has 1 saturated heterocycles. The highest BCUT2D eigenvalue weighted by Gasteiger charge is 2.20. The number of thiol groups is 1. The quantitative estimate of drug-likeness (QED) is 0.772. The molecule has 0 saturated carbocycles. The minimum absolute atomic E-state index is 0.0181. The average molecular weight is 241 g/mol. The Kier molecular flexibility index (Phi) is 3.46. The van der Waals surface area contributed by atoms with Gasteiger partial charge in [-0.1, -0.05) is 0 Å². The maximum absolute atomic E-state index is 13.4. The molecule has 16 heavy (non-hydrogen) atoms. The molecule has 5 heteroatoms. The van der Waals surface area contributed by atoms with Crippen molar-refractivity contribution < 1.29 is 13.9 Å².